The lowest BCUT2D eigenvalue weighted by Gasteiger charge is -2.16. The van der Waals surface area contributed by atoms with Gasteiger partial charge in [-0.3, -0.25) is 16.3 Å². The van der Waals surface area contributed by atoms with E-state index in [2.05, 4.69) is 5.53 Å². The highest BCUT2D eigenvalue weighted by atomic mass is 15.6. The molecule has 64 valence electrons. The van der Waals surface area contributed by atoms with E-state index < -0.39 is 0 Å². The zero-order chi connectivity index (χ0) is 8.97. The number of hydrogen-bond acceptors (Lipinski definition) is 3. The van der Waals surface area contributed by atoms with E-state index in [1.807, 2.05) is 31.2 Å². The summed E-state index contributed by atoms with van der Waals surface area (Å²) in [5.74, 6) is 5.18. The molecule has 0 amide bonds. The first kappa shape index (κ1) is 8.70. The molecule has 0 fully saturated rings. The van der Waals surface area contributed by atoms with Crippen LogP contribution in [0.25, 0.3) is 0 Å². The normalized spacial score (nSPS) is 9.50. The van der Waals surface area contributed by atoms with Gasteiger partial charge in [-0.05, 0) is 19.1 Å². The Balaban J connectivity index is 2.87. The maximum Gasteiger partial charge on any atom is 0.103 e. The average Bonchev–Trinajstić information content (AvgIpc) is 2.10. The Morgan fingerprint density at radius 3 is 2.42 bits per heavy atom. The molecule has 0 atom stereocenters. The minimum Gasteiger partial charge on any atom is -0.290 e. The number of nitrogens with zero attached hydrogens (tertiary/aromatic N) is 1. The SMILES string of the molecule is Cc1ccc(N(C=N)NN)cc1. The van der Waals surface area contributed by atoms with Crippen molar-refractivity contribution in [2.75, 3.05) is 5.01 Å². The van der Waals surface area contributed by atoms with Crippen LogP contribution in [0.3, 0.4) is 0 Å². The van der Waals surface area contributed by atoms with Gasteiger partial charge in [-0.1, -0.05) is 17.7 Å². The summed E-state index contributed by atoms with van der Waals surface area (Å²) in [5.41, 5.74) is 4.40. The average molecular weight is 164 g/mol. The molecule has 0 radical (unpaired) electrons. The number of hydrazine groups is 2. The molecule has 0 saturated carbocycles. The largest absolute Gasteiger partial charge is 0.290 e. The van der Waals surface area contributed by atoms with Crippen LogP contribution in [0.2, 0.25) is 0 Å². The number of hydrogen-bond donors (Lipinski definition) is 3. The number of nitrogens with one attached hydrogen (secondary N) is 2. The quantitative estimate of drug-likeness (QED) is 0.268. The third-order valence-corrected chi connectivity index (χ3v) is 1.58. The summed E-state index contributed by atoms with van der Waals surface area (Å²) in [6.45, 7) is 2.01. The summed E-state index contributed by atoms with van der Waals surface area (Å²) in [4.78, 5) is 0. The standard InChI is InChI=1S/C8H12N4/c1-7-2-4-8(5-3-7)12(6-9)11-10/h2-6,9,11H,10H2,1H3. The highest BCUT2D eigenvalue weighted by Gasteiger charge is 1.98. The maximum absolute atomic E-state index is 7.01. The molecule has 1 rings (SSSR count). The Hall–Kier alpha value is -1.39. The summed E-state index contributed by atoms with van der Waals surface area (Å²) in [5, 5.41) is 8.43. The van der Waals surface area contributed by atoms with Crippen LogP contribution in [-0.4, -0.2) is 6.34 Å². The molecule has 0 aromatic heterocycles. The van der Waals surface area contributed by atoms with Crippen LogP contribution in [0.4, 0.5) is 5.69 Å². The number of rotatable bonds is 3. The first-order valence-corrected chi connectivity index (χ1v) is 3.60. The topological polar surface area (TPSA) is 65.1 Å². The van der Waals surface area contributed by atoms with Crippen LogP contribution in [0.1, 0.15) is 5.56 Å². The molecule has 4 heteroatoms. The number of nitrogens with two attached hydrogens (primary N) is 1. The fourth-order valence-electron chi connectivity index (χ4n) is 0.892. The van der Waals surface area contributed by atoms with Crippen LogP contribution < -0.4 is 16.4 Å². The molecule has 0 unspecified atom stereocenters. The van der Waals surface area contributed by atoms with Gasteiger partial charge in [-0.2, -0.15) is 5.53 Å². The molecule has 4 N–H and O–H groups in total. The van der Waals surface area contributed by atoms with E-state index in [1.165, 1.54) is 10.6 Å². The van der Waals surface area contributed by atoms with Gasteiger partial charge in [0, 0.05) is 0 Å². The smallest absolute Gasteiger partial charge is 0.103 e. The molecule has 4 nitrogen and oxygen atoms in total. The first-order chi connectivity index (χ1) is 5.77. The summed E-state index contributed by atoms with van der Waals surface area (Å²) in [6.07, 6.45) is 1.12. The molecule has 0 saturated heterocycles. The molecule has 0 aliphatic rings. The molecule has 0 heterocycles. The van der Waals surface area contributed by atoms with Gasteiger partial charge >= 0.3 is 0 Å². The second-order valence-electron chi connectivity index (χ2n) is 2.46. The van der Waals surface area contributed by atoms with Gasteiger partial charge in [-0.25, -0.2) is 0 Å². The van der Waals surface area contributed by atoms with Crippen molar-refractivity contribution >= 4 is 12.0 Å². The van der Waals surface area contributed by atoms with Gasteiger partial charge in [0.15, 0.2) is 0 Å². The van der Waals surface area contributed by atoms with E-state index in [-0.39, 0.29) is 0 Å². The summed E-state index contributed by atoms with van der Waals surface area (Å²) in [7, 11) is 0. The van der Waals surface area contributed by atoms with Crippen molar-refractivity contribution in [2.24, 2.45) is 5.84 Å². The van der Waals surface area contributed by atoms with Crippen molar-refractivity contribution in [1.82, 2.24) is 5.53 Å². The predicted molar refractivity (Wildman–Crippen MR) is 49.8 cm³/mol. The minimum absolute atomic E-state index is 0.845. The van der Waals surface area contributed by atoms with E-state index in [1.54, 1.807) is 0 Å². The third kappa shape index (κ3) is 1.81. The number of aryl methyl sites for hydroxylation is 1. The highest BCUT2D eigenvalue weighted by molar-refractivity contribution is 5.75. The van der Waals surface area contributed by atoms with E-state index in [4.69, 9.17) is 11.3 Å². The Morgan fingerprint density at radius 1 is 1.42 bits per heavy atom. The van der Waals surface area contributed by atoms with Crippen molar-refractivity contribution in [1.29, 1.82) is 5.41 Å². The predicted octanol–water partition coefficient (Wildman–Crippen LogP) is 0.787. The van der Waals surface area contributed by atoms with Crippen molar-refractivity contribution in [2.45, 2.75) is 6.92 Å². The Morgan fingerprint density at radius 2 is 2.00 bits per heavy atom. The zero-order valence-electron chi connectivity index (χ0n) is 6.91. The van der Waals surface area contributed by atoms with Gasteiger partial charge in [0.1, 0.15) is 6.34 Å². The van der Waals surface area contributed by atoms with Gasteiger partial charge < -0.3 is 0 Å². The number of benzene rings is 1. The van der Waals surface area contributed by atoms with Crippen LogP contribution in [0.5, 0.6) is 0 Å². The molecule has 1 aromatic carbocycles. The Bertz CT molecular complexity index is 254. The second kappa shape index (κ2) is 3.85. The van der Waals surface area contributed by atoms with Crippen molar-refractivity contribution < 1.29 is 0 Å². The Kier molecular flexibility index (Phi) is 2.79. The van der Waals surface area contributed by atoms with Crippen LogP contribution in [0, 0.1) is 12.3 Å². The Labute approximate surface area is 71.4 Å². The van der Waals surface area contributed by atoms with Crippen LogP contribution in [-0.2, 0) is 0 Å². The van der Waals surface area contributed by atoms with E-state index in [9.17, 15) is 0 Å². The van der Waals surface area contributed by atoms with Crippen LogP contribution >= 0.6 is 0 Å². The summed E-state index contributed by atoms with van der Waals surface area (Å²) in [6, 6.07) is 7.70. The second-order valence-corrected chi connectivity index (χ2v) is 2.46. The van der Waals surface area contributed by atoms with Crippen molar-refractivity contribution in [3.63, 3.8) is 0 Å². The molecule has 0 bridgehead atoms. The highest BCUT2D eigenvalue weighted by Crippen LogP contribution is 2.10. The minimum atomic E-state index is 0.845. The third-order valence-electron chi connectivity index (χ3n) is 1.58. The van der Waals surface area contributed by atoms with E-state index >= 15 is 0 Å². The first-order valence-electron chi connectivity index (χ1n) is 3.60. The van der Waals surface area contributed by atoms with Gasteiger partial charge in [-0.15, -0.1) is 0 Å². The maximum atomic E-state index is 7.01. The summed E-state index contributed by atoms with van der Waals surface area (Å²) >= 11 is 0. The molecule has 1 aromatic rings. The lowest BCUT2D eigenvalue weighted by Crippen LogP contribution is -2.41. The van der Waals surface area contributed by atoms with Gasteiger partial charge in [0.05, 0.1) is 5.69 Å². The lowest BCUT2D eigenvalue weighted by atomic mass is 10.2. The van der Waals surface area contributed by atoms with Gasteiger partial charge in [0.25, 0.3) is 0 Å². The molecular formula is C8H12N4. The van der Waals surface area contributed by atoms with E-state index in [0.717, 1.165) is 12.0 Å². The fraction of sp³-hybridized carbons (Fsp3) is 0.125. The van der Waals surface area contributed by atoms with Gasteiger partial charge in [0.2, 0.25) is 0 Å². The molecular weight excluding hydrogens is 152 g/mol. The number of anilines is 1. The fourth-order valence-corrected chi connectivity index (χ4v) is 0.892. The monoisotopic (exact) mass is 164 g/mol. The molecule has 12 heavy (non-hydrogen) atoms. The summed E-state index contributed by atoms with van der Waals surface area (Å²) < 4.78 is 0. The molecule has 0 aliphatic carbocycles. The molecule has 0 spiro atoms. The lowest BCUT2D eigenvalue weighted by molar-refractivity contribution is 0.782. The molecule has 0 aliphatic heterocycles. The van der Waals surface area contributed by atoms with Crippen molar-refractivity contribution in [3.8, 4) is 0 Å². The zero-order valence-corrected chi connectivity index (χ0v) is 6.91. The van der Waals surface area contributed by atoms with Crippen LogP contribution in [0.15, 0.2) is 24.3 Å². The van der Waals surface area contributed by atoms with E-state index in [0.29, 0.717) is 0 Å². The van der Waals surface area contributed by atoms with Crippen molar-refractivity contribution in [3.05, 3.63) is 29.8 Å².